The zero-order valence-electron chi connectivity index (χ0n) is 12.0. The molecule has 1 rings (SSSR count). The quantitative estimate of drug-likeness (QED) is 0.676. The normalized spacial score (nSPS) is 16.2. The van der Waals surface area contributed by atoms with E-state index in [0.717, 1.165) is 0 Å². The second kappa shape index (κ2) is 6.56. The molecule has 114 valence electrons. The standard InChI is InChI=1S/C12H21N3O5/c1-4-14(3)9(16)5-13-11(19)15-7-12(2,8-15)20-6-10(17)18/h4-8H2,1-3H3,(H,13,19)(H,17,18). The average Bonchev–Trinajstić information content (AvgIpc) is 2.37. The van der Waals surface area contributed by atoms with Crippen LogP contribution in [0.25, 0.3) is 0 Å². The number of amides is 3. The van der Waals surface area contributed by atoms with Gasteiger partial charge in [-0.25, -0.2) is 9.59 Å². The molecular formula is C12H21N3O5. The van der Waals surface area contributed by atoms with Crippen LogP contribution in [-0.4, -0.2) is 78.2 Å². The van der Waals surface area contributed by atoms with Gasteiger partial charge in [-0.15, -0.1) is 0 Å². The molecular weight excluding hydrogens is 266 g/mol. The van der Waals surface area contributed by atoms with E-state index in [9.17, 15) is 14.4 Å². The minimum Gasteiger partial charge on any atom is -0.480 e. The van der Waals surface area contributed by atoms with Crippen LogP contribution in [0, 0.1) is 0 Å². The molecule has 0 saturated carbocycles. The molecule has 0 aliphatic carbocycles. The molecule has 0 bridgehead atoms. The summed E-state index contributed by atoms with van der Waals surface area (Å²) < 4.78 is 5.19. The van der Waals surface area contributed by atoms with E-state index in [4.69, 9.17) is 9.84 Å². The van der Waals surface area contributed by atoms with E-state index in [2.05, 4.69) is 5.32 Å². The maximum absolute atomic E-state index is 11.7. The number of aliphatic carboxylic acids is 1. The molecule has 0 atom stereocenters. The molecule has 0 spiro atoms. The van der Waals surface area contributed by atoms with Crippen LogP contribution >= 0.6 is 0 Å². The van der Waals surface area contributed by atoms with E-state index >= 15 is 0 Å². The van der Waals surface area contributed by atoms with E-state index in [1.165, 1.54) is 9.80 Å². The molecule has 0 aromatic carbocycles. The Morgan fingerprint density at radius 1 is 1.40 bits per heavy atom. The Labute approximate surface area is 117 Å². The third kappa shape index (κ3) is 4.37. The number of rotatable bonds is 6. The van der Waals surface area contributed by atoms with Crippen LogP contribution < -0.4 is 5.32 Å². The fourth-order valence-corrected chi connectivity index (χ4v) is 1.81. The first kappa shape index (κ1) is 16.2. The summed E-state index contributed by atoms with van der Waals surface area (Å²) in [7, 11) is 1.66. The second-order valence-corrected chi connectivity index (χ2v) is 5.06. The summed E-state index contributed by atoms with van der Waals surface area (Å²) in [6, 6.07) is -0.348. The van der Waals surface area contributed by atoms with Gasteiger partial charge < -0.3 is 25.0 Å². The van der Waals surface area contributed by atoms with Crippen molar-refractivity contribution in [2.45, 2.75) is 19.4 Å². The SMILES string of the molecule is CCN(C)C(=O)CNC(=O)N1CC(C)(OCC(=O)O)C1. The number of ether oxygens (including phenoxy) is 1. The molecule has 0 aromatic rings. The van der Waals surface area contributed by atoms with E-state index in [1.807, 2.05) is 6.92 Å². The maximum atomic E-state index is 11.7. The molecule has 1 fully saturated rings. The monoisotopic (exact) mass is 287 g/mol. The van der Waals surface area contributed by atoms with Crippen LogP contribution in [0.1, 0.15) is 13.8 Å². The molecule has 0 unspecified atom stereocenters. The summed E-state index contributed by atoms with van der Waals surface area (Å²) in [4.78, 5) is 36.6. The smallest absolute Gasteiger partial charge is 0.329 e. The van der Waals surface area contributed by atoms with Gasteiger partial charge in [0.1, 0.15) is 12.2 Å². The van der Waals surface area contributed by atoms with Gasteiger partial charge in [0.25, 0.3) is 0 Å². The van der Waals surface area contributed by atoms with E-state index < -0.39 is 11.6 Å². The van der Waals surface area contributed by atoms with Crippen LogP contribution in [0.3, 0.4) is 0 Å². The second-order valence-electron chi connectivity index (χ2n) is 5.06. The lowest BCUT2D eigenvalue weighted by atomic mass is 9.97. The molecule has 1 heterocycles. The molecule has 2 N–H and O–H groups in total. The summed E-state index contributed by atoms with van der Waals surface area (Å²) in [6.07, 6.45) is 0. The topological polar surface area (TPSA) is 99.2 Å². The number of carboxylic acids is 1. The van der Waals surface area contributed by atoms with Gasteiger partial charge >= 0.3 is 12.0 Å². The summed E-state index contributed by atoms with van der Waals surface area (Å²) in [6.45, 7) is 4.36. The fourth-order valence-electron chi connectivity index (χ4n) is 1.81. The van der Waals surface area contributed by atoms with Crippen molar-refractivity contribution in [1.29, 1.82) is 0 Å². The van der Waals surface area contributed by atoms with Crippen LogP contribution in [0.4, 0.5) is 4.79 Å². The van der Waals surface area contributed by atoms with Gasteiger partial charge in [0.15, 0.2) is 0 Å². The first-order valence-corrected chi connectivity index (χ1v) is 6.40. The zero-order chi connectivity index (χ0) is 15.3. The number of carbonyl (C=O) groups is 3. The van der Waals surface area contributed by atoms with Crippen molar-refractivity contribution in [1.82, 2.24) is 15.1 Å². The Bertz CT molecular complexity index is 393. The average molecular weight is 287 g/mol. The highest BCUT2D eigenvalue weighted by Gasteiger charge is 2.42. The Morgan fingerprint density at radius 3 is 2.50 bits per heavy atom. The van der Waals surface area contributed by atoms with E-state index in [-0.39, 0.29) is 25.1 Å². The molecule has 1 aliphatic rings. The Kier molecular flexibility index (Phi) is 5.32. The fraction of sp³-hybridized carbons (Fsp3) is 0.750. The highest BCUT2D eigenvalue weighted by Crippen LogP contribution is 2.24. The number of hydrogen-bond donors (Lipinski definition) is 2. The van der Waals surface area contributed by atoms with Crippen molar-refractivity contribution < 1.29 is 24.2 Å². The Morgan fingerprint density at radius 2 is 2.00 bits per heavy atom. The van der Waals surface area contributed by atoms with Crippen LogP contribution in [-0.2, 0) is 14.3 Å². The first-order chi connectivity index (χ1) is 9.27. The van der Waals surface area contributed by atoms with Crippen molar-refractivity contribution in [3.63, 3.8) is 0 Å². The summed E-state index contributed by atoms with van der Waals surface area (Å²) >= 11 is 0. The number of hydrogen-bond acceptors (Lipinski definition) is 4. The third-order valence-corrected chi connectivity index (χ3v) is 3.17. The van der Waals surface area contributed by atoms with Crippen molar-refractivity contribution in [3.8, 4) is 0 Å². The van der Waals surface area contributed by atoms with Gasteiger partial charge in [-0.2, -0.15) is 0 Å². The lowest BCUT2D eigenvalue weighted by Gasteiger charge is -2.46. The number of likely N-dealkylation sites (N-methyl/N-ethyl adjacent to an activating group) is 1. The van der Waals surface area contributed by atoms with Crippen LogP contribution in [0.15, 0.2) is 0 Å². The van der Waals surface area contributed by atoms with Crippen molar-refractivity contribution in [2.75, 3.05) is 39.8 Å². The van der Waals surface area contributed by atoms with Crippen molar-refractivity contribution >= 4 is 17.9 Å². The van der Waals surface area contributed by atoms with E-state index in [0.29, 0.717) is 19.6 Å². The lowest BCUT2D eigenvalue weighted by molar-refractivity contribution is -0.159. The van der Waals surface area contributed by atoms with Gasteiger partial charge in [0, 0.05) is 13.6 Å². The molecule has 1 aliphatic heterocycles. The zero-order valence-corrected chi connectivity index (χ0v) is 12.0. The van der Waals surface area contributed by atoms with Crippen LogP contribution in [0.5, 0.6) is 0 Å². The highest BCUT2D eigenvalue weighted by molar-refractivity contribution is 5.84. The number of carbonyl (C=O) groups excluding carboxylic acids is 2. The highest BCUT2D eigenvalue weighted by atomic mass is 16.5. The van der Waals surface area contributed by atoms with Gasteiger partial charge in [0.2, 0.25) is 5.91 Å². The minimum atomic E-state index is -1.04. The van der Waals surface area contributed by atoms with Crippen molar-refractivity contribution in [2.24, 2.45) is 0 Å². The predicted octanol–water partition coefficient (Wildman–Crippen LogP) is -0.650. The molecule has 20 heavy (non-hydrogen) atoms. The lowest BCUT2D eigenvalue weighted by Crippen LogP contribution is -2.65. The molecule has 0 radical (unpaired) electrons. The minimum absolute atomic E-state index is 0.0492. The van der Waals surface area contributed by atoms with Gasteiger partial charge in [-0.3, -0.25) is 4.79 Å². The van der Waals surface area contributed by atoms with E-state index in [1.54, 1.807) is 14.0 Å². The van der Waals surface area contributed by atoms with Gasteiger partial charge in [-0.05, 0) is 13.8 Å². The van der Waals surface area contributed by atoms with Gasteiger partial charge in [0.05, 0.1) is 19.6 Å². The third-order valence-electron chi connectivity index (χ3n) is 3.17. The predicted molar refractivity (Wildman–Crippen MR) is 70.3 cm³/mol. The molecule has 1 saturated heterocycles. The summed E-state index contributed by atoms with van der Waals surface area (Å²) in [5.74, 6) is -1.20. The number of carboxylic acid groups (broad SMARTS) is 1. The molecule has 0 aromatic heterocycles. The number of nitrogens with zero attached hydrogens (tertiary/aromatic N) is 2. The molecule has 3 amide bonds. The van der Waals surface area contributed by atoms with Gasteiger partial charge in [-0.1, -0.05) is 0 Å². The Balaban J connectivity index is 2.28. The molecule has 8 heteroatoms. The first-order valence-electron chi connectivity index (χ1n) is 6.40. The maximum Gasteiger partial charge on any atom is 0.329 e. The Hall–Kier alpha value is -1.83. The largest absolute Gasteiger partial charge is 0.480 e. The summed E-state index contributed by atoms with van der Waals surface area (Å²) in [5, 5.41) is 11.1. The number of likely N-dealkylation sites (tertiary alicyclic amines) is 1. The number of urea groups is 1. The van der Waals surface area contributed by atoms with Crippen molar-refractivity contribution in [3.05, 3.63) is 0 Å². The molecule has 8 nitrogen and oxygen atoms in total. The number of nitrogens with one attached hydrogen (secondary N) is 1. The van der Waals surface area contributed by atoms with Crippen LogP contribution in [0.2, 0.25) is 0 Å². The summed E-state index contributed by atoms with van der Waals surface area (Å²) in [5.41, 5.74) is -0.625.